The Morgan fingerprint density at radius 2 is 1.79 bits per heavy atom. The molecule has 33 heavy (non-hydrogen) atoms. The molecule has 2 rings (SSSR count). The topological polar surface area (TPSA) is 81.1 Å². The molecular weight excluding hydrogens is 457 g/mol. The van der Waals surface area contributed by atoms with Crippen molar-refractivity contribution in [2.24, 2.45) is 0 Å². The summed E-state index contributed by atoms with van der Waals surface area (Å²) in [5, 5.41) is 0.544. The summed E-state index contributed by atoms with van der Waals surface area (Å²) in [5.74, 6) is -2.15. The van der Waals surface area contributed by atoms with Crippen LogP contribution in [0.2, 0.25) is 0 Å². The Bertz CT molecular complexity index is 955. The van der Waals surface area contributed by atoms with E-state index < -0.39 is 65.3 Å². The molecular formula is C20H26F5N3O5. The van der Waals surface area contributed by atoms with Crippen LogP contribution >= 0.6 is 0 Å². The predicted molar refractivity (Wildman–Crippen MR) is 107 cm³/mol. The molecule has 0 saturated heterocycles. The minimum Gasteiger partial charge on any atom is -0.487 e. The highest BCUT2D eigenvalue weighted by atomic mass is 19.4. The van der Waals surface area contributed by atoms with E-state index in [0.717, 1.165) is 0 Å². The molecule has 0 aromatic carbocycles. The molecule has 2 heterocycles. The summed E-state index contributed by atoms with van der Waals surface area (Å²) in [6, 6.07) is -2.36. The number of fused-ring (bicyclic) bond motifs is 1. The van der Waals surface area contributed by atoms with Gasteiger partial charge in [0.15, 0.2) is 11.4 Å². The van der Waals surface area contributed by atoms with Gasteiger partial charge in [-0.05, 0) is 34.1 Å². The first-order chi connectivity index (χ1) is 15.1. The smallest absolute Gasteiger partial charge is 0.431 e. The third-order valence-corrected chi connectivity index (χ3v) is 4.71. The van der Waals surface area contributed by atoms with E-state index in [0.29, 0.717) is 40.5 Å². The molecule has 1 atom stereocenters. The zero-order chi connectivity index (χ0) is 25.3. The first-order valence-electron chi connectivity index (χ1n) is 10.2. The number of unbranched alkanes of at least 4 members (excludes halogenated alkanes) is 1. The summed E-state index contributed by atoms with van der Waals surface area (Å²) >= 11 is 0. The van der Waals surface area contributed by atoms with Crippen molar-refractivity contribution in [3.05, 3.63) is 27.7 Å². The van der Waals surface area contributed by atoms with Crippen LogP contribution in [0.25, 0.3) is 0 Å². The van der Waals surface area contributed by atoms with E-state index in [2.05, 4.69) is 0 Å². The fourth-order valence-corrected chi connectivity index (χ4v) is 2.94. The zero-order valence-corrected chi connectivity index (χ0v) is 18.8. The van der Waals surface area contributed by atoms with Crippen LogP contribution in [0.3, 0.4) is 0 Å². The number of amides is 2. The largest absolute Gasteiger partial charge is 0.487 e. The van der Waals surface area contributed by atoms with Gasteiger partial charge in [-0.1, -0.05) is 13.3 Å². The number of carbonyl (C=O) groups is 2. The number of aromatic nitrogens is 1. The summed E-state index contributed by atoms with van der Waals surface area (Å²) in [7, 11) is 0. The average Bonchev–Trinajstić information content (AvgIpc) is 2.66. The van der Waals surface area contributed by atoms with Crippen LogP contribution < -0.4 is 15.2 Å². The van der Waals surface area contributed by atoms with Crippen LogP contribution in [0.4, 0.5) is 26.7 Å². The zero-order valence-electron chi connectivity index (χ0n) is 18.8. The highest BCUT2D eigenvalue weighted by Crippen LogP contribution is 2.32. The lowest BCUT2D eigenvalue weighted by atomic mass is 10.1. The third-order valence-electron chi connectivity index (χ3n) is 4.71. The number of rotatable bonds is 6. The highest BCUT2D eigenvalue weighted by molar-refractivity contribution is 5.98. The number of carbonyl (C=O) groups excluding carboxylic acids is 2. The molecule has 8 nitrogen and oxygen atoms in total. The maximum Gasteiger partial charge on any atom is 0.431 e. The minimum atomic E-state index is -4.87. The highest BCUT2D eigenvalue weighted by Gasteiger charge is 2.48. The van der Waals surface area contributed by atoms with E-state index in [1.807, 2.05) is 0 Å². The lowest BCUT2D eigenvalue weighted by Gasteiger charge is -2.41. The molecule has 0 fully saturated rings. The second-order valence-corrected chi connectivity index (χ2v) is 8.45. The van der Waals surface area contributed by atoms with E-state index in [4.69, 9.17) is 9.47 Å². The van der Waals surface area contributed by atoms with Gasteiger partial charge in [0.2, 0.25) is 5.43 Å². The van der Waals surface area contributed by atoms with Crippen LogP contribution in [0.1, 0.15) is 69.9 Å². The van der Waals surface area contributed by atoms with Crippen LogP contribution in [0, 0.1) is 0 Å². The molecule has 1 aromatic rings. The van der Waals surface area contributed by atoms with Crippen molar-refractivity contribution in [1.82, 2.24) is 9.58 Å². The Hall–Kier alpha value is -2.86. The molecule has 1 aromatic heterocycles. The van der Waals surface area contributed by atoms with E-state index in [1.54, 1.807) is 6.92 Å². The first kappa shape index (κ1) is 26.4. The van der Waals surface area contributed by atoms with E-state index in [9.17, 15) is 36.3 Å². The van der Waals surface area contributed by atoms with Gasteiger partial charge in [0.25, 0.3) is 12.3 Å². The van der Waals surface area contributed by atoms with Crippen LogP contribution in [-0.4, -0.2) is 52.7 Å². The number of ether oxygens (including phenoxy) is 2. The Morgan fingerprint density at radius 3 is 2.27 bits per heavy atom. The molecule has 0 aliphatic carbocycles. The van der Waals surface area contributed by atoms with Gasteiger partial charge in [-0.25, -0.2) is 18.3 Å². The van der Waals surface area contributed by atoms with Crippen LogP contribution in [0.15, 0.2) is 11.0 Å². The summed E-state index contributed by atoms with van der Waals surface area (Å²) in [6.07, 6.45) is -7.86. The van der Waals surface area contributed by atoms with Gasteiger partial charge in [-0.2, -0.15) is 18.2 Å². The standard InChI is InChI=1S/C20H26F5N3O5/c1-6-7-8-32-15-13-17(30)26(11(2)20(23,24)25)10-28(18(31)33-19(3,4)5)27(13)9-12(14(15)29)16(21)22/h9,11,16H,6-8,10H2,1-5H3/t11-/m1/s1. The van der Waals surface area contributed by atoms with Crippen molar-refractivity contribution < 1.29 is 41.0 Å². The predicted octanol–water partition coefficient (Wildman–Crippen LogP) is 4.20. The maximum absolute atomic E-state index is 13.6. The van der Waals surface area contributed by atoms with Crippen molar-refractivity contribution in [3.63, 3.8) is 0 Å². The monoisotopic (exact) mass is 483 g/mol. The lowest BCUT2D eigenvalue weighted by molar-refractivity contribution is -0.173. The number of alkyl halides is 5. The summed E-state index contributed by atoms with van der Waals surface area (Å²) < 4.78 is 78.6. The van der Waals surface area contributed by atoms with Gasteiger partial charge >= 0.3 is 12.3 Å². The Morgan fingerprint density at radius 1 is 1.18 bits per heavy atom. The Balaban J connectivity index is 2.78. The van der Waals surface area contributed by atoms with Crippen molar-refractivity contribution in [3.8, 4) is 5.75 Å². The SMILES string of the molecule is CCCCOc1c2n(cc(C(F)F)c1=O)N(C(=O)OC(C)(C)C)CN([C@H](C)C(F)(F)F)C2=O. The van der Waals surface area contributed by atoms with E-state index >= 15 is 0 Å². The molecule has 186 valence electrons. The van der Waals surface area contributed by atoms with Crippen LogP contribution in [0.5, 0.6) is 5.75 Å². The van der Waals surface area contributed by atoms with Gasteiger partial charge in [-0.3, -0.25) is 9.59 Å². The van der Waals surface area contributed by atoms with Gasteiger partial charge in [0, 0.05) is 6.20 Å². The fourth-order valence-electron chi connectivity index (χ4n) is 2.94. The second-order valence-electron chi connectivity index (χ2n) is 8.45. The summed E-state index contributed by atoms with van der Waals surface area (Å²) in [6.45, 7) is 5.85. The Kier molecular flexibility index (Phi) is 7.64. The second kappa shape index (κ2) is 9.56. The van der Waals surface area contributed by atoms with Crippen molar-refractivity contribution >= 4 is 12.0 Å². The molecule has 2 amide bonds. The van der Waals surface area contributed by atoms with Crippen molar-refractivity contribution in [1.29, 1.82) is 0 Å². The van der Waals surface area contributed by atoms with Gasteiger partial charge in [0.1, 0.15) is 18.3 Å². The number of nitrogens with zero attached hydrogens (tertiary/aromatic N) is 3. The summed E-state index contributed by atoms with van der Waals surface area (Å²) in [4.78, 5) is 38.8. The molecule has 0 saturated carbocycles. The molecule has 1 aliphatic rings. The third kappa shape index (κ3) is 5.74. The van der Waals surface area contributed by atoms with Gasteiger partial charge in [0.05, 0.1) is 12.2 Å². The molecule has 0 unspecified atom stereocenters. The number of hydrogen-bond donors (Lipinski definition) is 0. The fraction of sp³-hybridized carbons (Fsp3) is 0.650. The van der Waals surface area contributed by atoms with Crippen LogP contribution in [-0.2, 0) is 4.74 Å². The number of halogens is 5. The van der Waals surface area contributed by atoms with Gasteiger partial charge in [-0.15, -0.1) is 0 Å². The molecule has 1 aliphatic heterocycles. The summed E-state index contributed by atoms with van der Waals surface area (Å²) in [5.41, 5.74) is -4.28. The van der Waals surface area contributed by atoms with Crippen molar-refractivity contribution in [2.75, 3.05) is 18.3 Å². The van der Waals surface area contributed by atoms with E-state index in [1.165, 1.54) is 20.8 Å². The minimum absolute atomic E-state index is 0.153. The first-order valence-corrected chi connectivity index (χ1v) is 10.2. The van der Waals surface area contributed by atoms with Gasteiger partial charge < -0.3 is 14.4 Å². The average molecular weight is 483 g/mol. The molecule has 0 bridgehead atoms. The molecule has 0 radical (unpaired) electrons. The molecule has 0 spiro atoms. The molecule has 0 N–H and O–H groups in total. The van der Waals surface area contributed by atoms with E-state index in [-0.39, 0.29) is 6.61 Å². The lowest BCUT2D eigenvalue weighted by Crippen LogP contribution is -2.61. The van der Waals surface area contributed by atoms with Crippen molar-refractivity contribution in [2.45, 2.75) is 71.7 Å². The normalized spacial score (nSPS) is 15.5. The Labute approximate surface area is 186 Å². The molecule has 13 heteroatoms. The maximum atomic E-state index is 13.6. The number of pyridine rings is 1. The number of hydrogen-bond acceptors (Lipinski definition) is 5. The quantitative estimate of drug-likeness (QED) is 0.448.